The maximum atomic E-state index is 8.89. The second-order valence-corrected chi connectivity index (χ2v) is 9.31. The van der Waals surface area contributed by atoms with Crippen LogP contribution in [0.25, 0.3) is 33.9 Å². The third-order valence-corrected chi connectivity index (χ3v) is 6.52. The third-order valence-electron chi connectivity index (χ3n) is 6.52. The Morgan fingerprint density at radius 2 is 0.818 bits per heavy atom. The molecule has 1 aliphatic rings. The summed E-state index contributed by atoms with van der Waals surface area (Å²) in [5.74, 6) is -4.70. The molecule has 0 bridgehead atoms. The van der Waals surface area contributed by atoms with E-state index in [4.69, 9.17) is 42.1 Å². The maximum absolute atomic E-state index is 8.89. The predicted molar refractivity (Wildman–Crippen MR) is 166 cm³/mol. The summed E-state index contributed by atoms with van der Waals surface area (Å²) in [7, 11) is 0. The minimum absolute atomic E-state index is 0.109. The number of hydrogen-bond donors (Lipinski definition) is 8. The molecule has 6 rings (SSSR count). The second kappa shape index (κ2) is 12.1. The van der Waals surface area contributed by atoms with Crippen molar-refractivity contribution in [2.24, 2.45) is 0 Å². The van der Waals surface area contributed by atoms with Gasteiger partial charge in [0.05, 0.1) is 45.6 Å². The van der Waals surface area contributed by atoms with Crippen molar-refractivity contribution >= 4 is 28.3 Å². The van der Waals surface area contributed by atoms with Gasteiger partial charge in [0.2, 0.25) is 17.2 Å². The van der Waals surface area contributed by atoms with Crippen molar-refractivity contribution in [2.45, 2.75) is 0 Å². The fourth-order valence-electron chi connectivity index (χ4n) is 4.22. The van der Waals surface area contributed by atoms with Gasteiger partial charge in [0.1, 0.15) is 5.69 Å². The van der Waals surface area contributed by atoms with Crippen molar-refractivity contribution in [3.63, 3.8) is 0 Å². The van der Waals surface area contributed by atoms with Gasteiger partial charge in [0.25, 0.3) is 0 Å². The summed E-state index contributed by atoms with van der Waals surface area (Å²) < 4.78 is 0. The lowest BCUT2D eigenvalue weighted by molar-refractivity contribution is 0.330. The van der Waals surface area contributed by atoms with Crippen LogP contribution in [0, 0.1) is 10.8 Å². The van der Waals surface area contributed by atoms with Gasteiger partial charge in [-0.3, -0.25) is 20.8 Å². The van der Waals surface area contributed by atoms with E-state index < -0.39 is 34.4 Å². The van der Waals surface area contributed by atoms with E-state index in [1.807, 2.05) is 84.9 Å². The number of aromatic nitrogens is 4. The van der Waals surface area contributed by atoms with E-state index in [1.54, 1.807) is 12.4 Å². The first-order chi connectivity index (χ1) is 21.2. The number of rotatable bonds is 4. The van der Waals surface area contributed by atoms with Crippen molar-refractivity contribution in [2.75, 3.05) is 5.73 Å². The Balaban J connectivity index is 0.000000270. The molecule has 12 heteroatoms. The molecule has 1 aliphatic carbocycles. The van der Waals surface area contributed by atoms with Crippen LogP contribution in [0.5, 0.6) is 28.7 Å². The highest BCUT2D eigenvalue weighted by atomic mass is 16.4. The molecule has 12 nitrogen and oxygen atoms in total. The molecule has 0 unspecified atom stereocenters. The summed E-state index contributed by atoms with van der Waals surface area (Å²) in [5, 5.41) is 61.5. The summed E-state index contributed by atoms with van der Waals surface area (Å²) in [6, 6.07) is 22.6. The van der Waals surface area contributed by atoms with Crippen molar-refractivity contribution in [3.05, 3.63) is 109 Å². The Morgan fingerprint density at radius 3 is 1.20 bits per heavy atom. The quantitative estimate of drug-likeness (QED) is 0.0612. The van der Waals surface area contributed by atoms with Crippen LogP contribution in [-0.2, 0) is 0 Å². The number of nitrogen functional groups attached to an aromatic ring is 1. The standard InChI is InChI=1S/C26H18N6.C6H7NO5/c27-25-17(19-9-5-11-23(31-19)21-7-1-3-15-29-21)13-14-18(26(25)28)20-10-6-12-24(32-20)22-8-2-4-16-30-22;7-1-2(8)4(10)6(12)5(11)3(1)9/h1-16,27-28H;8-12H,7H2. The molecule has 0 saturated carbocycles. The average molecular weight is 588 g/mol. The van der Waals surface area contributed by atoms with E-state index in [0.29, 0.717) is 22.5 Å². The first-order valence-electron chi connectivity index (χ1n) is 13.0. The number of pyridine rings is 4. The number of nitrogens with one attached hydrogen (secondary N) is 2. The van der Waals surface area contributed by atoms with Crippen molar-refractivity contribution in [1.29, 1.82) is 10.8 Å². The highest BCUT2D eigenvalue weighted by Gasteiger charge is 2.24. The van der Waals surface area contributed by atoms with Gasteiger partial charge in [-0.1, -0.05) is 24.3 Å². The molecule has 0 saturated heterocycles. The number of allylic oxidation sites excluding steroid dienone is 4. The molecule has 0 aliphatic heterocycles. The minimum atomic E-state index is -1.01. The molecule has 218 valence electrons. The molecule has 4 aromatic heterocycles. The van der Waals surface area contributed by atoms with Crippen molar-refractivity contribution < 1.29 is 25.5 Å². The van der Waals surface area contributed by atoms with Gasteiger partial charge in [-0.2, -0.15) is 0 Å². The summed E-state index contributed by atoms with van der Waals surface area (Å²) in [6.45, 7) is 0. The third kappa shape index (κ3) is 5.63. The number of aromatic hydroxyl groups is 5. The minimum Gasteiger partial charge on any atom is -0.503 e. The van der Waals surface area contributed by atoms with Crippen LogP contribution in [-0.4, -0.2) is 56.9 Å². The van der Waals surface area contributed by atoms with E-state index in [1.165, 1.54) is 0 Å². The van der Waals surface area contributed by atoms with Gasteiger partial charge in [0, 0.05) is 23.5 Å². The highest BCUT2D eigenvalue weighted by Crippen LogP contribution is 2.52. The molecule has 1 aromatic carbocycles. The number of anilines is 1. The predicted octanol–water partition coefficient (Wildman–Crippen LogP) is 4.92. The summed E-state index contributed by atoms with van der Waals surface area (Å²) in [5.41, 5.74) is 10.1. The van der Waals surface area contributed by atoms with Gasteiger partial charge < -0.3 is 31.3 Å². The first-order valence-corrected chi connectivity index (χ1v) is 13.0. The zero-order valence-corrected chi connectivity index (χ0v) is 22.8. The molecule has 9 N–H and O–H groups in total. The Morgan fingerprint density at radius 1 is 0.455 bits per heavy atom. The number of nitrogens with zero attached hydrogens (tertiary/aromatic N) is 4. The van der Waals surface area contributed by atoms with Crippen LogP contribution in [0.4, 0.5) is 5.69 Å². The SMILES string of the molecule is N=C1C(=N)C(c2cccc(-c3ccccn3)n2)=CC=C1c1cccc(-c2ccccn2)n1.Nc1c(O)c(O)c(O)c(O)c1O. The number of nitrogens with two attached hydrogens (primary N) is 1. The van der Waals surface area contributed by atoms with E-state index in [0.717, 1.165) is 22.8 Å². The summed E-state index contributed by atoms with van der Waals surface area (Å²) in [6.07, 6.45) is 7.11. The fraction of sp³-hybridized carbons (Fsp3) is 0. The van der Waals surface area contributed by atoms with Gasteiger partial charge in [0.15, 0.2) is 11.5 Å². The summed E-state index contributed by atoms with van der Waals surface area (Å²) in [4.78, 5) is 18.1. The van der Waals surface area contributed by atoms with Crippen LogP contribution in [0.3, 0.4) is 0 Å². The molecule has 44 heavy (non-hydrogen) atoms. The van der Waals surface area contributed by atoms with Crippen molar-refractivity contribution in [3.8, 4) is 51.5 Å². The number of phenolic OH excluding ortho intramolecular Hbond substituents is 5. The van der Waals surface area contributed by atoms with E-state index in [9.17, 15) is 0 Å². The van der Waals surface area contributed by atoms with Crippen LogP contribution >= 0.6 is 0 Å². The number of benzene rings is 1. The molecular formula is C32H25N7O5. The monoisotopic (exact) mass is 587 g/mol. The Bertz CT molecular complexity index is 1750. The van der Waals surface area contributed by atoms with Gasteiger partial charge in [-0.15, -0.1) is 0 Å². The zero-order valence-electron chi connectivity index (χ0n) is 22.8. The van der Waals surface area contributed by atoms with Crippen LogP contribution in [0.15, 0.2) is 97.3 Å². The van der Waals surface area contributed by atoms with Crippen LogP contribution < -0.4 is 5.73 Å². The topological polar surface area (TPSA) is 226 Å². The highest BCUT2D eigenvalue weighted by molar-refractivity contribution is 6.68. The molecule has 0 atom stereocenters. The molecule has 5 aromatic rings. The van der Waals surface area contributed by atoms with Crippen LogP contribution in [0.2, 0.25) is 0 Å². The first kappa shape index (κ1) is 29.0. The van der Waals surface area contributed by atoms with E-state index in [2.05, 4.69) is 19.9 Å². The smallest absolute Gasteiger partial charge is 0.208 e. The molecule has 4 heterocycles. The van der Waals surface area contributed by atoms with E-state index in [-0.39, 0.29) is 11.4 Å². The average Bonchev–Trinajstić information content (AvgIpc) is 3.08. The lowest BCUT2D eigenvalue weighted by Crippen LogP contribution is -2.20. The Kier molecular flexibility index (Phi) is 7.98. The normalized spacial score (nSPS) is 12.5. The van der Waals surface area contributed by atoms with Crippen molar-refractivity contribution in [1.82, 2.24) is 19.9 Å². The largest absolute Gasteiger partial charge is 0.503 e. The molecule has 0 spiro atoms. The fourth-order valence-corrected chi connectivity index (χ4v) is 4.22. The van der Waals surface area contributed by atoms with Gasteiger partial charge in [-0.05, 0) is 60.7 Å². The van der Waals surface area contributed by atoms with E-state index >= 15 is 0 Å². The molecule has 0 radical (unpaired) electrons. The molecule has 0 amide bonds. The number of hydrogen-bond acceptors (Lipinski definition) is 12. The Labute approximate surface area is 250 Å². The Hall–Kier alpha value is -6.56. The van der Waals surface area contributed by atoms with Crippen LogP contribution in [0.1, 0.15) is 11.4 Å². The lowest BCUT2D eigenvalue weighted by atomic mass is 9.90. The summed E-state index contributed by atoms with van der Waals surface area (Å²) >= 11 is 0. The van der Waals surface area contributed by atoms with Gasteiger partial charge >= 0.3 is 0 Å². The maximum Gasteiger partial charge on any atom is 0.208 e. The zero-order chi connectivity index (χ0) is 31.4. The second-order valence-electron chi connectivity index (χ2n) is 9.31. The molecular weight excluding hydrogens is 562 g/mol. The van der Waals surface area contributed by atoms with Gasteiger partial charge in [-0.25, -0.2) is 9.97 Å². The lowest BCUT2D eigenvalue weighted by Gasteiger charge is -2.17. The molecule has 0 fully saturated rings. The number of phenols is 5.